The molecule has 1 unspecified atom stereocenters. The Morgan fingerprint density at radius 2 is 1.68 bits per heavy atom. The van der Waals surface area contributed by atoms with Gasteiger partial charge in [-0.15, -0.1) is 0 Å². The van der Waals surface area contributed by atoms with E-state index in [0.717, 1.165) is 29.6 Å². The van der Waals surface area contributed by atoms with E-state index >= 15 is 0 Å². The van der Waals surface area contributed by atoms with E-state index in [9.17, 15) is 31.2 Å². The van der Waals surface area contributed by atoms with Crippen molar-refractivity contribution in [3.8, 4) is 0 Å². The van der Waals surface area contributed by atoms with Crippen LogP contribution in [0.1, 0.15) is 44.6 Å². The summed E-state index contributed by atoms with van der Waals surface area (Å²) in [7, 11) is -4.19. The van der Waals surface area contributed by atoms with Gasteiger partial charge in [-0.05, 0) is 44.0 Å². The highest BCUT2D eigenvalue weighted by molar-refractivity contribution is 7.89. The molecule has 9 nitrogen and oxygen atoms in total. The maximum atomic E-state index is 14.0. The van der Waals surface area contributed by atoms with E-state index in [0.29, 0.717) is 12.8 Å². The summed E-state index contributed by atoms with van der Waals surface area (Å²) < 4.78 is 68.5. The molecule has 0 radical (unpaired) electrons. The van der Waals surface area contributed by atoms with Gasteiger partial charge in [0.2, 0.25) is 5.91 Å². The van der Waals surface area contributed by atoms with Crippen molar-refractivity contribution in [1.29, 1.82) is 0 Å². The first kappa shape index (κ1) is 28.2. The number of rotatable bonds is 5. The Hall–Kier alpha value is -3.35. The van der Waals surface area contributed by atoms with Gasteiger partial charge in [-0.2, -0.15) is 13.2 Å². The van der Waals surface area contributed by atoms with Crippen molar-refractivity contribution >= 4 is 27.8 Å². The fourth-order valence-electron chi connectivity index (χ4n) is 6.01. The molecule has 1 aliphatic carbocycles. The molecule has 1 saturated carbocycles. The normalized spacial score (nSPS) is 23.1. The Labute approximate surface area is 231 Å². The van der Waals surface area contributed by atoms with Gasteiger partial charge in [0.05, 0.1) is 17.0 Å². The van der Waals surface area contributed by atoms with Crippen molar-refractivity contribution in [2.24, 2.45) is 0 Å². The lowest BCUT2D eigenvalue weighted by atomic mass is 9.93. The molecule has 0 bridgehead atoms. The predicted molar refractivity (Wildman–Crippen MR) is 141 cm³/mol. The van der Waals surface area contributed by atoms with E-state index in [4.69, 9.17) is 0 Å². The molecule has 1 aromatic carbocycles. The van der Waals surface area contributed by atoms with Crippen LogP contribution in [0.5, 0.6) is 0 Å². The number of alkyl halides is 3. The second-order valence-corrected chi connectivity index (χ2v) is 12.4. The SMILES string of the molecule is C[C@@H]1CN(c2ncccc2C(F)(F)F)CCN1C(=O)C1CN(S(=O)(=O)c2ccccc2)C(=O)N1C1CCCCC1. The van der Waals surface area contributed by atoms with Crippen molar-refractivity contribution in [1.82, 2.24) is 19.1 Å². The standard InChI is InChI=1S/C27H32F3N5O4S/c1-19-17-32(24-22(27(28,29)30)13-8-14-31-24)15-16-33(19)25(36)23-18-34(40(38,39)21-11-6-3-7-12-21)26(37)35(23)20-9-4-2-5-10-20/h3,6-8,11-14,19-20,23H,2,4-5,9-10,15-18H2,1H3/t19-,23?/m1/s1. The van der Waals surface area contributed by atoms with Crippen LogP contribution in [0.2, 0.25) is 0 Å². The summed E-state index contributed by atoms with van der Waals surface area (Å²) in [5, 5.41) is 0. The number of sulfonamides is 1. The second-order valence-electron chi connectivity index (χ2n) is 10.5. The highest BCUT2D eigenvalue weighted by atomic mass is 32.2. The molecule has 3 heterocycles. The Kier molecular flexibility index (Phi) is 7.68. The lowest BCUT2D eigenvalue weighted by Crippen LogP contribution is -2.60. The minimum Gasteiger partial charge on any atom is -0.352 e. The van der Waals surface area contributed by atoms with Gasteiger partial charge in [0.25, 0.3) is 10.0 Å². The lowest BCUT2D eigenvalue weighted by molar-refractivity contribution is -0.139. The van der Waals surface area contributed by atoms with E-state index in [1.165, 1.54) is 34.2 Å². The molecule has 5 rings (SSSR count). The van der Waals surface area contributed by atoms with Gasteiger partial charge in [-0.3, -0.25) is 4.79 Å². The number of nitrogens with zero attached hydrogens (tertiary/aromatic N) is 5. The molecular weight excluding hydrogens is 547 g/mol. The summed E-state index contributed by atoms with van der Waals surface area (Å²) in [4.78, 5) is 36.1. The summed E-state index contributed by atoms with van der Waals surface area (Å²) in [5.41, 5.74) is -0.839. The van der Waals surface area contributed by atoms with Gasteiger partial charge < -0.3 is 14.7 Å². The van der Waals surface area contributed by atoms with E-state index in [1.54, 1.807) is 30.0 Å². The monoisotopic (exact) mass is 579 g/mol. The molecule has 0 spiro atoms. The van der Waals surface area contributed by atoms with E-state index in [-0.39, 0.29) is 42.9 Å². The predicted octanol–water partition coefficient (Wildman–Crippen LogP) is 3.97. The zero-order valence-corrected chi connectivity index (χ0v) is 22.9. The highest BCUT2D eigenvalue weighted by Crippen LogP contribution is 2.37. The zero-order chi connectivity index (χ0) is 28.7. The summed E-state index contributed by atoms with van der Waals surface area (Å²) in [6, 6.07) is 7.40. The average molecular weight is 580 g/mol. The molecule has 2 aliphatic heterocycles. The molecule has 216 valence electrons. The van der Waals surface area contributed by atoms with Crippen molar-refractivity contribution in [2.45, 2.75) is 68.2 Å². The fourth-order valence-corrected chi connectivity index (χ4v) is 7.40. The number of carbonyl (C=O) groups excluding carboxylic acids is 2. The van der Waals surface area contributed by atoms with Crippen molar-refractivity contribution < 1.29 is 31.2 Å². The minimum absolute atomic E-state index is 0.0298. The molecule has 3 amide bonds. The van der Waals surface area contributed by atoms with Crippen LogP contribution in [-0.4, -0.2) is 83.7 Å². The van der Waals surface area contributed by atoms with Crippen LogP contribution in [0.25, 0.3) is 0 Å². The number of amides is 3. The third-order valence-corrected chi connectivity index (χ3v) is 9.75. The minimum atomic E-state index is -4.57. The maximum Gasteiger partial charge on any atom is 0.419 e. The first-order valence-corrected chi connectivity index (χ1v) is 14.9. The van der Waals surface area contributed by atoms with Gasteiger partial charge in [-0.1, -0.05) is 37.5 Å². The number of benzene rings is 1. The van der Waals surface area contributed by atoms with Gasteiger partial charge in [-0.25, -0.2) is 22.5 Å². The molecule has 2 atom stereocenters. The van der Waals surface area contributed by atoms with Crippen LogP contribution in [0, 0.1) is 0 Å². The highest BCUT2D eigenvalue weighted by Gasteiger charge is 2.51. The van der Waals surface area contributed by atoms with Gasteiger partial charge >= 0.3 is 12.2 Å². The molecule has 0 N–H and O–H groups in total. The van der Waals surface area contributed by atoms with Crippen LogP contribution < -0.4 is 4.90 Å². The van der Waals surface area contributed by atoms with Crippen molar-refractivity contribution in [3.05, 3.63) is 54.2 Å². The maximum absolute atomic E-state index is 14.0. The summed E-state index contributed by atoms with van der Waals surface area (Å²) in [6.45, 7) is 1.77. The Balaban J connectivity index is 1.39. The van der Waals surface area contributed by atoms with Crippen molar-refractivity contribution in [3.63, 3.8) is 0 Å². The number of anilines is 1. The quantitative estimate of drug-likeness (QED) is 0.533. The summed E-state index contributed by atoms with van der Waals surface area (Å²) in [5.74, 6) is -0.581. The lowest BCUT2D eigenvalue weighted by Gasteiger charge is -2.43. The summed E-state index contributed by atoms with van der Waals surface area (Å²) >= 11 is 0. The van der Waals surface area contributed by atoms with E-state index in [2.05, 4.69) is 4.98 Å². The Morgan fingerprint density at radius 1 is 0.975 bits per heavy atom. The third-order valence-electron chi connectivity index (χ3n) is 8.00. The molecule has 2 aromatic rings. The number of hydrogen-bond acceptors (Lipinski definition) is 6. The van der Waals surface area contributed by atoms with Crippen LogP contribution in [0.3, 0.4) is 0 Å². The van der Waals surface area contributed by atoms with Crippen LogP contribution >= 0.6 is 0 Å². The molecule has 40 heavy (non-hydrogen) atoms. The largest absolute Gasteiger partial charge is 0.419 e. The number of hydrogen-bond donors (Lipinski definition) is 0. The summed E-state index contributed by atoms with van der Waals surface area (Å²) in [6.07, 6.45) is 0.855. The first-order valence-electron chi connectivity index (χ1n) is 13.5. The number of pyridine rings is 1. The molecule has 2 saturated heterocycles. The van der Waals surface area contributed by atoms with E-state index < -0.39 is 45.8 Å². The zero-order valence-electron chi connectivity index (χ0n) is 22.1. The number of carbonyl (C=O) groups is 2. The number of halogens is 3. The van der Waals surface area contributed by atoms with Crippen LogP contribution in [-0.2, 0) is 21.0 Å². The fraction of sp³-hybridized carbons (Fsp3) is 0.519. The average Bonchev–Trinajstić information content (AvgIpc) is 3.31. The molecule has 3 aliphatic rings. The first-order chi connectivity index (χ1) is 19.0. The molecular formula is C27H32F3N5O4S. The topological polar surface area (TPSA) is 94.1 Å². The van der Waals surface area contributed by atoms with Crippen LogP contribution in [0.15, 0.2) is 53.6 Å². The van der Waals surface area contributed by atoms with Crippen molar-refractivity contribution in [2.75, 3.05) is 31.1 Å². The van der Waals surface area contributed by atoms with Gasteiger partial charge in [0.15, 0.2) is 0 Å². The van der Waals surface area contributed by atoms with Gasteiger partial charge in [0.1, 0.15) is 11.9 Å². The van der Waals surface area contributed by atoms with Gasteiger partial charge in [0, 0.05) is 37.9 Å². The number of aromatic nitrogens is 1. The van der Waals surface area contributed by atoms with E-state index in [1.807, 2.05) is 0 Å². The number of piperazine rings is 1. The molecule has 1 aromatic heterocycles. The Morgan fingerprint density at radius 3 is 2.33 bits per heavy atom. The Bertz CT molecular complexity index is 1350. The second kappa shape index (κ2) is 10.9. The van der Waals surface area contributed by atoms with Crippen LogP contribution in [0.4, 0.5) is 23.8 Å². The molecule has 3 fully saturated rings. The third kappa shape index (κ3) is 5.23. The number of urea groups is 1. The smallest absolute Gasteiger partial charge is 0.352 e. The molecule has 13 heteroatoms.